The van der Waals surface area contributed by atoms with E-state index in [1.54, 1.807) is 20.1 Å². The van der Waals surface area contributed by atoms with Crippen molar-refractivity contribution in [2.45, 2.75) is 72.4 Å². The number of esters is 1. The number of Topliss-reactive ketones (excluding diaryl/α,β-unsaturated/α-hetero) is 3. The number of aliphatic hydroxyl groups excluding tert-OH is 2. The molecular formula is C35H53NO10. The van der Waals surface area contributed by atoms with E-state index in [0.717, 1.165) is 16.7 Å². The fourth-order valence-corrected chi connectivity index (χ4v) is 6.40. The van der Waals surface area contributed by atoms with Crippen LogP contribution in [0, 0.1) is 23.7 Å². The first-order valence-electron chi connectivity index (χ1n) is 15.6. The number of aliphatic hydroxyl groups is 2. The summed E-state index contributed by atoms with van der Waals surface area (Å²) in [5.74, 6) is -2.23. The van der Waals surface area contributed by atoms with Gasteiger partial charge >= 0.3 is 5.97 Å². The summed E-state index contributed by atoms with van der Waals surface area (Å²) in [5.41, 5.74) is 3.22. The number of rotatable bonds is 17. The Balaban J connectivity index is 0.00000736. The van der Waals surface area contributed by atoms with Crippen molar-refractivity contribution in [1.29, 1.82) is 0 Å². The molecule has 2 aromatic carbocycles. The van der Waals surface area contributed by atoms with E-state index in [1.165, 1.54) is 13.0 Å². The number of fused-ring (bicyclic) bond motifs is 1. The third-order valence-electron chi connectivity index (χ3n) is 8.56. The number of phenolic OH excluding ortho intramolecular Hbond substituents is 1. The van der Waals surface area contributed by atoms with Gasteiger partial charge in [-0.1, -0.05) is 26.0 Å². The van der Waals surface area contributed by atoms with Crippen LogP contribution in [0.2, 0.25) is 0 Å². The molecule has 0 aliphatic heterocycles. The molecule has 0 saturated heterocycles. The number of carbonyl (C=O) groups excluding carboxylic acids is 4. The molecule has 11 nitrogen and oxygen atoms in total. The number of hydrogen-bond donors (Lipinski definition) is 4. The van der Waals surface area contributed by atoms with Gasteiger partial charge in [-0.2, -0.15) is 0 Å². The molecule has 2 aromatic rings. The van der Waals surface area contributed by atoms with Crippen molar-refractivity contribution in [3.8, 4) is 22.6 Å². The van der Waals surface area contributed by atoms with Crippen LogP contribution in [0.4, 0.5) is 0 Å². The summed E-state index contributed by atoms with van der Waals surface area (Å²) in [6.07, 6.45) is 0.874. The number of nitrogens with one attached hydrogen (secondary N) is 1. The van der Waals surface area contributed by atoms with Crippen molar-refractivity contribution in [3.63, 3.8) is 0 Å². The van der Waals surface area contributed by atoms with Crippen LogP contribution in [-0.2, 0) is 32.1 Å². The molecule has 46 heavy (non-hydrogen) atoms. The SMILES string of the molecule is CCOC(=O)C(NCc1ccc(OC)c(-c2ccc(O)c3c2CC(CC(CCO)C(CO)C(=O)CC(C)=O)CC3=O)c1)C(C)C.O.[HH].[HH]. The zero-order valence-electron chi connectivity index (χ0n) is 27.4. The number of benzene rings is 2. The van der Waals surface area contributed by atoms with Crippen molar-refractivity contribution in [2.75, 3.05) is 26.9 Å². The van der Waals surface area contributed by atoms with E-state index in [1.807, 2.05) is 32.0 Å². The Morgan fingerprint density at radius 1 is 1.09 bits per heavy atom. The van der Waals surface area contributed by atoms with Gasteiger partial charge in [-0.25, -0.2) is 0 Å². The first-order valence-corrected chi connectivity index (χ1v) is 15.6. The first-order chi connectivity index (χ1) is 21.4. The van der Waals surface area contributed by atoms with Crippen molar-refractivity contribution >= 4 is 23.3 Å². The number of methoxy groups -OCH3 is 1. The van der Waals surface area contributed by atoms with E-state index in [0.29, 0.717) is 30.7 Å². The lowest BCUT2D eigenvalue weighted by molar-refractivity contribution is -0.147. The second-order valence-electron chi connectivity index (χ2n) is 12.2. The molecule has 0 amide bonds. The predicted octanol–water partition coefficient (Wildman–Crippen LogP) is 3.70. The average molecular weight is 648 g/mol. The molecule has 3 rings (SSSR count). The number of ether oxygens (including phenoxy) is 2. The Morgan fingerprint density at radius 2 is 1.80 bits per heavy atom. The summed E-state index contributed by atoms with van der Waals surface area (Å²) in [6.45, 7) is 6.98. The smallest absolute Gasteiger partial charge is 0.323 e. The quantitative estimate of drug-likeness (QED) is 0.145. The first kappa shape index (κ1) is 38.5. The van der Waals surface area contributed by atoms with Crippen LogP contribution in [-0.4, -0.2) is 77.1 Å². The number of ketones is 3. The van der Waals surface area contributed by atoms with Crippen LogP contribution >= 0.6 is 0 Å². The van der Waals surface area contributed by atoms with E-state index in [9.17, 15) is 34.5 Å². The topological polar surface area (TPSA) is 191 Å². The second kappa shape index (κ2) is 17.9. The molecule has 0 saturated carbocycles. The fraction of sp³-hybridized carbons (Fsp3) is 0.543. The van der Waals surface area contributed by atoms with Gasteiger partial charge in [0.2, 0.25) is 0 Å². The van der Waals surface area contributed by atoms with Gasteiger partial charge in [0, 0.05) is 33.9 Å². The maximum atomic E-state index is 13.5. The molecule has 1 aliphatic carbocycles. The summed E-state index contributed by atoms with van der Waals surface area (Å²) >= 11 is 0. The van der Waals surface area contributed by atoms with Crippen LogP contribution < -0.4 is 10.1 Å². The van der Waals surface area contributed by atoms with E-state index < -0.39 is 24.5 Å². The van der Waals surface area contributed by atoms with Crippen molar-refractivity contribution < 1.29 is 52.3 Å². The Bertz CT molecular complexity index is 1380. The van der Waals surface area contributed by atoms with Crippen LogP contribution in [0.25, 0.3) is 11.1 Å². The highest BCUT2D eigenvalue weighted by Crippen LogP contribution is 2.43. The van der Waals surface area contributed by atoms with Crippen molar-refractivity contribution in [1.82, 2.24) is 5.32 Å². The minimum atomic E-state index is -0.824. The number of aromatic hydroxyl groups is 1. The van der Waals surface area contributed by atoms with Gasteiger partial charge in [-0.15, -0.1) is 0 Å². The fourth-order valence-electron chi connectivity index (χ4n) is 6.40. The molecule has 0 heterocycles. The Hall–Kier alpha value is -3.64. The highest BCUT2D eigenvalue weighted by molar-refractivity contribution is 6.03. The lowest BCUT2D eigenvalue weighted by Crippen LogP contribution is -2.41. The zero-order chi connectivity index (χ0) is 33.3. The number of phenols is 1. The highest BCUT2D eigenvalue weighted by atomic mass is 16.5. The third kappa shape index (κ3) is 9.45. The van der Waals surface area contributed by atoms with Gasteiger partial charge in [0.1, 0.15) is 29.1 Å². The summed E-state index contributed by atoms with van der Waals surface area (Å²) in [4.78, 5) is 50.4. The maximum absolute atomic E-state index is 13.5. The van der Waals surface area contributed by atoms with E-state index in [-0.39, 0.29) is 87.3 Å². The minimum Gasteiger partial charge on any atom is -0.507 e. The van der Waals surface area contributed by atoms with Gasteiger partial charge in [0.05, 0.1) is 32.3 Å². The van der Waals surface area contributed by atoms with Gasteiger partial charge in [0.25, 0.3) is 0 Å². The van der Waals surface area contributed by atoms with Gasteiger partial charge in [-0.05, 0) is 85.8 Å². The second-order valence-corrected chi connectivity index (χ2v) is 12.2. The molecule has 0 aromatic heterocycles. The monoisotopic (exact) mass is 647 g/mol. The molecular weight excluding hydrogens is 594 g/mol. The summed E-state index contributed by atoms with van der Waals surface area (Å²) in [7, 11) is 1.56. The standard InChI is InChI=1S/C35H47NO9.H2O.2H2/c1-6-45-35(43)34(20(2)3)36-18-22-7-10-32(44-5)26(15-22)25-8-9-29(40)33-27(25)16-23(17-31(33)42)14-24(11-12-37)28(19-38)30(41)13-21(4)39;;;/h7-10,15,20,23-24,28,34,36-38,40H,6,11-14,16-19H2,1-5H3;1H2;2*1H. The molecule has 0 bridgehead atoms. The third-order valence-corrected chi connectivity index (χ3v) is 8.56. The van der Waals surface area contributed by atoms with Crippen molar-refractivity contribution in [2.24, 2.45) is 23.7 Å². The molecule has 4 unspecified atom stereocenters. The van der Waals surface area contributed by atoms with Crippen LogP contribution in [0.3, 0.4) is 0 Å². The minimum absolute atomic E-state index is 0. The van der Waals surface area contributed by atoms with Crippen LogP contribution in [0.15, 0.2) is 30.3 Å². The summed E-state index contributed by atoms with van der Waals surface area (Å²) in [5, 5.41) is 33.9. The lowest BCUT2D eigenvalue weighted by Gasteiger charge is -2.32. The molecule has 0 radical (unpaired) electrons. The maximum Gasteiger partial charge on any atom is 0.323 e. The predicted molar refractivity (Wildman–Crippen MR) is 177 cm³/mol. The number of carbonyl (C=O) groups is 4. The Labute approximate surface area is 273 Å². The molecule has 0 spiro atoms. The molecule has 258 valence electrons. The van der Waals surface area contributed by atoms with E-state index in [2.05, 4.69) is 5.32 Å². The Morgan fingerprint density at radius 3 is 2.39 bits per heavy atom. The normalized spacial score (nSPS) is 16.2. The van der Waals surface area contributed by atoms with Crippen LogP contribution in [0.5, 0.6) is 11.5 Å². The largest absolute Gasteiger partial charge is 0.507 e. The van der Waals surface area contributed by atoms with Crippen LogP contribution in [0.1, 0.15) is 77.7 Å². The van der Waals surface area contributed by atoms with Crippen molar-refractivity contribution in [3.05, 3.63) is 47.0 Å². The van der Waals surface area contributed by atoms with Gasteiger partial charge in [-0.3, -0.25) is 19.2 Å². The van der Waals surface area contributed by atoms with E-state index in [4.69, 9.17) is 9.47 Å². The molecule has 11 heteroatoms. The zero-order valence-corrected chi connectivity index (χ0v) is 27.4. The molecule has 0 fully saturated rings. The van der Waals surface area contributed by atoms with Gasteiger partial charge in [0.15, 0.2) is 5.78 Å². The summed E-state index contributed by atoms with van der Waals surface area (Å²) in [6, 6.07) is 8.42. The molecule has 1 aliphatic rings. The Kier molecular flexibility index (Phi) is 15.0. The molecule has 4 atom stereocenters. The molecule has 6 N–H and O–H groups in total. The highest BCUT2D eigenvalue weighted by Gasteiger charge is 2.35. The average Bonchev–Trinajstić information content (AvgIpc) is 2.97. The van der Waals surface area contributed by atoms with E-state index >= 15 is 0 Å². The summed E-state index contributed by atoms with van der Waals surface area (Å²) < 4.78 is 10.9. The lowest BCUT2D eigenvalue weighted by atomic mass is 9.72. The number of hydrogen-bond acceptors (Lipinski definition) is 10. The van der Waals surface area contributed by atoms with Gasteiger partial charge < -0.3 is 35.6 Å².